The summed E-state index contributed by atoms with van der Waals surface area (Å²) in [7, 11) is 1.90. The fourth-order valence-corrected chi connectivity index (χ4v) is 2.48. The van der Waals surface area contributed by atoms with Gasteiger partial charge in [0.25, 0.3) is 0 Å². The van der Waals surface area contributed by atoms with Gasteiger partial charge in [0.2, 0.25) is 11.8 Å². The number of carbonyl (C=O) groups is 2. The zero-order valence-electron chi connectivity index (χ0n) is 11.6. The molecule has 0 bridgehead atoms. The summed E-state index contributed by atoms with van der Waals surface area (Å²) in [6, 6.07) is 5.68. The van der Waals surface area contributed by atoms with Crippen LogP contribution in [-0.4, -0.2) is 41.8 Å². The number of amides is 2. The summed E-state index contributed by atoms with van der Waals surface area (Å²) in [6.45, 7) is 0.816. The normalized spacial score (nSPS) is 18.6. The maximum atomic E-state index is 11.8. The van der Waals surface area contributed by atoms with E-state index in [1.54, 1.807) is 0 Å². The van der Waals surface area contributed by atoms with Gasteiger partial charge < -0.3 is 16.0 Å². The van der Waals surface area contributed by atoms with Crippen LogP contribution in [0.25, 0.3) is 0 Å². The van der Waals surface area contributed by atoms with E-state index in [1.165, 1.54) is 4.90 Å². The first-order chi connectivity index (χ1) is 9.61. The number of nitrogens with two attached hydrogens (primary N) is 1. The Balaban J connectivity index is 2.16. The highest BCUT2D eigenvalue weighted by atomic mass is 16.2. The Hall–Kier alpha value is -1.95. The minimum absolute atomic E-state index is 0.0313. The number of likely N-dealkylation sites (N-methyl/N-ethyl adjacent to an activating group) is 1. The lowest BCUT2D eigenvalue weighted by Crippen LogP contribution is -2.36. The van der Waals surface area contributed by atoms with Crippen molar-refractivity contribution in [1.29, 1.82) is 0 Å². The molecule has 0 radical (unpaired) electrons. The lowest BCUT2D eigenvalue weighted by Gasteiger charge is -2.23. The van der Waals surface area contributed by atoms with Gasteiger partial charge >= 0.3 is 0 Å². The van der Waals surface area contributed by atoms with E-state index in [1.807, 2.05) is 25.2 Å². The summed E-state index contributed by atoms with van der Waals surface area (Å²) in [5, 5.41) is 3.08. The lowest BCUT2D eigenvalue weighted by atomic mass is 10.1. The number of carbonyl (C=O) groups excluding carboxylic acids is 2. The minimum atomic E-state index is -0.489. The van der Waals surface area contributed by atoms with E-state index in [0.29, 0.717) is 12.8 Å². The van der Waals surface area contributed by atoms with Crippen LogP contribution in [0.2, 0.25) is 0 Å². The van der Waals surface area contributed by atoms with Crippen molar-refractivity contribution in [3.63, 3.8) is 0 Å². The largest absolute Gasteiger partial charge is 0.368 e. The molecule has 1 aliphatic rings. The molecule has 108 valence electrons. The molecule has 1 unspecified atom stereocenters. The van der Waals surface area contributed by atoms with Crippen molar-refractivity contribution >= 4 is 11.8 Å². The lowest BCUT2D eigenvalue weighted by molar-refractivity contribution is -0.133. The Morgan fingerprint density at radius 1 is 1.55 bits per heavy atom. The maximum Gasteiger partial charge on any atom is 0.237 e. The van der Waals surface area contributed by atoms with E-state index in [9.17, 15) is 9.59 Å². The molecule has 1 aromatic heterocycles. The molecule has 0 saturated carbocycles. The second kappa shape index (κ2) is 6.47. The molecule has 0 spiro atoms. The Labute approximate surface area is 118 Å². The summed E-state index contributed by atoms with van der Waals surface area (Å²) in [5.74, 6) is -0.521. The fraction of sp³-hybridized carbons (Fsp3) is 0.500. The van der Waals surface area contributed by atoms with E-state index in [0.717, 1.165) is 24.4 Å². The Bertz CT molecular complexity index is 504. The Morgan fingerprint density at radius 3 is 3.05 bits per heavy atom. The van der Waals surface area contributed by atoms with Gasteiger partial charge in [-0.15, -0.1) is 0 Å². The third-order valence-electron chi connectivity index (χ3n) is 3.46. The standard InChI is InChI=1S/C14H20N4O2/c1-16-8-7-10-3-2-4-11(17-10)12-5-6-14(20)18(12)9-13(15)19/h2-4,12,16H,5-9H2,1H3,(H2,15,19). The van der Waals surface area contributed by atoms with Gasteiger partial charge in [0.1, 0.15) is 0 Å². The van der Waals surface area contributed by atoms with Crippen LogP contribution < -0.4 is 11.1 Å². The van der Waals surface area contributed by atoms with Gasteiger partial charge in [-0.3, -0.25) is 14.6 Å². The van der Waals surface area contributed by atoms with Crippen LogP contribution in [0.1, 0.15) is 30.3 Å². The maximum absolute atomic E-state index is 11.8. The van der Waals surface area contributed by atoms with Crippen molar-refractivity contribution < 1.29 is 9.59 Å². The molecule has 3 N–H and O–H groups in total. The molecule has 1 aromatic rings. The molecule has 20 heavy (non-hydrogen) atoms. The molecule has 1 fully saturated rings. The van der Waals surface area contributed by atoms with Gasteiger partial charge in [0, 0.05) is 25.1 Å². The highest BCUT2D eigenvalue weighted by Crippen LogP contribution is 2.31. The number of rotatable bonds is 6. The molecule has 1 aliphatic heterocycles. The van der Waals surface area contributed by atoms with Crippen LogP contribution in [0, 0.1) is 0 Å². The molecule has 0 aliphatic carbocycles. The van der Waals surface area contributed by atoms with Crippen LogP contribution >= 0.6 is 0 Å². The number of primary amides is 1. The van der Waals surface area contributed by atoms with E-state index >= 15 is 0 Å². The number of nitrogens with one attached hydrogen (secondary N) is 1. The second-order valence-electron chi connectivity index (χ2n) is 4.95. The van der Waals surface area contributed by atoms with Crippen molar-refractivity contribution in [1.82, 2.24) is 15.2 Å². The monoisotopic (exact) mass is 276 g/mol. The summed E-state index contributed by atoms with van der Waals surface area (Å²) >= 11 is 0. The summed E-state index contributed by atoms with van der Waals surface area (Å²) in [6.07, 6.45) is 1.97. The van der Waals surface area contributed by atoms with Crippen molar-refractivity contribution in [2.75, 3.05) is 20.1 Å². The van der Waals surface area contributed by atoms with Gasteiger partial charge in [-0.25, -0.2) is 0 Å². The number of pyridine rings is 1. The highest BCUT2D eigenvalue weighted by molar-refractivity contribution is 5.85. The van der Waals surface area contributed by atoms with Gasteiger partial charge in [-0.05, 0) is 25.6 Å². The van der Waals surface area contributed by atoms with Gasteiger partial charge in [-0.1, -0.05) is 6.07 Å². The smallest absolute Gasteiger partial charge is 0.237 e. The Kier molecular flexibility index (Phi) is 4.68. The summed E-state index contributed by atoms with van der Waals surface area (Å²) in [5.41, 5.74) is 7.03. The minimum Gasteiger partial charge on any atom is -0.368 e. The van der Waals surface area contributed by atoms with Crippen molar-refractivity contribution in [2.24, 2.45) is 5.73 Å². The van der Waals surface area contributed by atoms with E-state index < -0.39 is 5.91 Å². The van der Waals surface area contributed by atoms with Crippen molar-refractivity contribution in [3.05, 3.63) is 29.6 Å². The Morgan fingerprint density at radius 2 is 2.35 bits per heavy atom. The molecular formula is C14H20N4O2. The van der Waals surface area contributed by atoms with Gasteiger partial charge in [-0.2, -0.15) is 0 Å². The summed E-state index contributed by atoms with van der Waals surface area (Å²) in [4.78, 5) is 29.0. The van der Waals surface area contributed by atoms with Gasteiger partial charge in [0.15, 0.2) is 0 Å². The number of aromatic nitrogens is 1. The summed E-state index contributed by atoms with van der Waals surface area (Å²) < 4.78 is 0. The van der Waals surface area contributed by atoms with Crippen molar-refractivity contribution in [3.8, 4) is 0 Å². The van der Waals surface area contributed by atoms with Crippen LogP contribution in [0.15, 0.2) is 18.2 Å². The fourth-order valence-electron chi connectivity index (χ4n) is 2.48. The number of hydrogen-bond donors (Lipinski definition) is 2. The first kappa shape index (κ1) is 14.5. The molecule has 2 rings (SSSR count). The molecule has 6 heteroatoms. The molecule has 0 aromatic carbocycles. The average molecular weight is 276 g/mol. The number of nitrogens with zero attached hydrogens (tertiary/aromatic N) is 2. The topological polar surface area (TPSA) is 88.3 Å². The molecule has 2 amide bonds. The molecule has 2 heterocycles. The van der Waals surface area contributed by atoms with E-state index in [-0.39, 0.29) is 18.5 Å². The quantitative estimate of drug-likeness (QED) is 0.765. The SMILES string of the molecule is CNCCc1cccc(C2CCC(=O)N2CC(N)=O)n1. The molecule has 1 atom stereocenters. The third-order valence-corrected chi connectivity index (χ3v) is 3.46. The third kappa shape index (κ3) is 3.33. The van der Waals surface area contributed by atoms with E-state index in [4.69, 9.17) is 5.73 Å². The van der Waals surface area contributed by atoms with Crippen LogP contribution in [-0.2, 0) is 16.0 Å². The van der Waals surface area contributed by atoms with Gasteiger partial charge in [0.05, 0.1) is 18.3 Å². The number of likely N-dealkylation sites (tertiary alicyclic amines) is 1. The van der Waals surface area contributed by atoms with Crippen LogP contribution in [0.5, 0.6) is 0 Å². The first-order valence-electron chi connectivity index (χ1n) is 6.80. The second-order valence-corrected chi connectivity index (χ2v) is 4.95. The molecular weight excluding hydrogens is 256 g/mol. The average Bonchev–Trinajstić information content (AvgIpc) is 2.78. The predicted molar refractivity (Wildman–Crippen MR) is 74.8 cm³/mol. The number of hydrogen-bond acceptors (Lipinski definition) is 4. The highest BCUT2D eigenvalue weighted by Gasteiger charge is 2.33. The molecule has 6 nitrogen and oxygen atoms in total. The zero-order chi connectivity index (χ0) is 14.5. The van der Waals surface area contributed by atoms with Crippen molar-refractivity contribution in [2.45, 2.75) is 25.3 Å². The van der Waals surface area contributed by atoms with E-state index in [2.05, 4.69) is 10.3 Å². The predicted octanol–water partition coefficient (Wildman–Crippen LogP) is -0.00770. The first-order valence-corrected chi connectivity index (χ1v) is 6.80. The van der Waals surface area contributed by atoms with Crippen LogP contribution in [0.4, 0.5) is 0 Å². The molecule has 1 saturated heterocycles. The zero-order valence-corrected chi connectivity index (χ0v) is 11.6. The van der Waals surface area contributed by atoms with Crippen LogP contribution in [0.3, 0.4) is 0 Å².